The summed E-state index contributed by atoms with van der Waals surface area (Å²) in [6.07, 6.45) is -4.37. The zero-order chi connectivity index (χ0) is 22.7. The van der Waals surface area contributed by atoms with E-state index in [1.165, 1.54) is 31.0 Å². The van der Waals surface area contributed by atoms with Gasteiger partial charge in [0.2, 0.25) is 5.82 Å². The fraction of sp³-hybridized carbons (Fsp3) is 0.130. The van der Waals surface area contributed by atoms with Crippen LogP contribution in [0.4, 0.5) is 13.2 Å². The van der Waals surface area contributed by atoms with Crippen molar-refractivity contribution in [3.63, 3.8) is 0 Å². The maximum atomic E-state index is 12.8. The smallest absolute Gasteiger partial charge is 0.416 e. The number of hydrogen-bond acceptors (Lipinski definition) is 6. The maximum Gasteiger partial charge on any atom is 0.416 e. The van der Waals surface area contributed by atoms with E-state index >= 15 is 0 Å². The Morgan fingerprint density at radius 3 is 2.28 bits per heavy atom. The molecule has 0 aliphatic rings. The lowest BCUT2D eigenvalue weighted by atomic mass is 10.2. The minimum Gasteiger partial charge on any atom is -0.493 e. The molecule has 3 aromatic carbocycles. The average molecular weight is 458 g/mol. The molecule has 0 unspecified atom stereocenters. The van der Waals surface area contributed by atoms with Crippen molar-refractivity contribution in [2.45, 2.75) is 16.0 Å². The van der Waals surface area contributed by atoms with Gasteiger partial charge in [-0.3, -0.25) is 0 Å². The van der Waals surface area contributed by atoms with Crippen LogP contribution in [-0.4, -0.2) is 24.4 Å². The first-order valence-corrected chi connectivity index (χ1v) is 10.2. The number of aromatic nitrogens is 2. The molecule has 0 aliphatic heterocycles. The average Bonchev–Trinajstić information content (AvgIpc) is 3.29. The molecule has 1 heterocycles. The normalized spacial score (nSPS) is 11.4. The van der Waals surface area contributed by atoms with Gasteiger partial charge in [0, 0.05) is 15.4 Å². The van der Waals surface area contributed by atoms with Gasteiger partial charge < -0.3 is 14.0 Å². The number of benzene rings is 3. The Hall–Kier alpha value is -3.46. The molecule has 4 rings (SSSR count). The van der Waals surface area contributed by atoms with Crippen LogP contribution in [0.1, 0.15) is 5.56 Å². The molecule has 0 bridgehead atoms. The highest BCUT2D eigenvalue weighted by Gasteiger charge is 2.30. The largest absolute Gasteiger partial charge is 0.493 e. The van der Waals surface area contributed by atoms with Crippen LogP contribution in [0.5, 0.6) is 11.5 Å². The van der Waals surface area contributed by atoms with Crippen molar-refractivity contribution in [3.8, 4) is 34.3 Å². The second-order valence-corrected chi connectivity index (χ2v) is 7.73. The van der Waals surface area contributed by atoms with Gasteiger partial charge in [-0.1, -0.05) is 29.1 Å². The Balaban J connectivity index is 1.62. The van der Waals surface area contributed by atoms with E-state index in [4.69, 9.17) is 14.0 Å². The molecule has 0 spiro atoms. The first kappa shape index (κ1) is 21.8. The minimum absolute atomic E-state index is 0.296. The summed E-state index contributed by atoms with van der Waals surface area (Å²) in [7, 11) is 3.09. The topological polar surface area (TPSA) is 57.4 Å². The van der Waals surface area contributed by atoms with Crippen LogP contribution in [0.25, 0.3) is 22.8 Å². The highest BCUT2D eigenvalue weighted by atomic mass is 32.2. The van der Waals surface area contributed by atoms with Crippen LogP contribution >= 0.6 is 11.8 Å². The molecule has 0 saturated carbocycles. The third-order valence-corrected chi connectivity index (χ3v) is 5.68. The van der Waals surface area contributed by atoms with Crippen molar-refractivity contribution in [1.82, 2.24) is 10.1 Å². The molecule has 0 radical (unpaired) electrons. The molecule has 0 saturated heterocycles. The van der Waals surface area contributed by atoms with Crippen LogP contribution in [0.3, 0.4) is 0 Å². The zero-order valence-corrected chi connectivity index (χ0v) is 17.8. The van der Waals surface area contributed by atoms with E-state index in [-0.39, 0.29) is 0 Å². The van der Waals surface area contributed by atoms with Crippen LogP contribution in [0.2, 0.25) is 0 Å². The van der Waals surface area contributed by atoms with Crippen molar-refractivity contribution in [2.75, 3.05) is 14.2 Å². The first-order chi connectivity index (χ1) is 15.4. The van der Waals surface area contributed by atoms with E-state index in [2.05, 4.69) is 10.1 Å². The highest BCUT2D eigenvalue weighted by molar-refractivity contribution is 7.99. The molecule has 0 amide bonds. The Labute approximate surface area is 186 Å². The lowest BCUT2D eigenvalue weighted by Gasteiger charge is -2.09. The summed E-state index contributed by atoms with van der Waals surface area (Å²) in [5.41, 5.74) is 0.675. The Morgan fingerprint density at radius 2 is 1.59 bits per heavy atom. The molecular formula is C23H17F3N2O3S. The van der Waals surface area contributed by atoms with E-state index in [1.807, 2.05) is 24.3 Å². The van der Waals surface area contributed by atoms with Gasteiger partial charge in [0.15, 0.2) is 11.5 Å². The van der Waals surface area contributed by atoms with Gasteiger partial charge in [-0.2, -0.15) is 18.2 Å². The molecule has 0 aliphatic carbocycles. The van der Waals surface area contributed by atoms with Gasteiger partial charge in [-0.05, 0) is 54.6 Å². The van der Waals surface area contributed by atoms with Gasteiger partial charge >= 0.3 is 6.18 Å². The number of nitrogens with zero attached hydrogens (tertiary/aromatic N) is 2. The Morgan fingerprint density at radius 1 is 0.875 bits per heavy atom. The molecule has 1 aromatic heterocycles. The fourth-order valence-electron chi connectivity index (χ4n) is 3.00. The second kappa shape index (κ2) is 8.96. The van der Waals surface area contributed by atoms with Gasteiger partial charge in [-0.25, -0.2) is 0 Å². The lowest BCUT2D eigenvalue weighted by Crippen LogP contribution is -2.03. The number of alkyl halides is 3. The molecule has 4 aromatic rings. The molecular weight excluding hydrogens is 441 g/mol. The standard InChI is InChI=1S/C23H17F3N2O3S/c1-29-18-12-7-14(13-19(18)30-2)21-27-22(31-28-21)17-5-3-4-6-20(17)32-16-10-8-15(9-11-16)23(24,25)26/h3-13H,1-2H3. The lowest BCUT2D eigenvalue weighted by molar-refractivity contribution is -0.137. The molecule has 9 heteroatoms. The van der Waals surface area contributed by atoms with Crippen molar-refractivity contribution in [2.24, 2.45) is 0 Å². The summed E-state index contributed by atoms with van der Waals surface area (Å²) in [5, 5.41) is 4.06. The quantitative estimate of drug-likeness (QED) is 0.325. The molecule has 5 nitrogen and oxygen atoms in total. The van der Waals surface area contributed by atoms with Crippen molar-refractivity contribution >= 4 is 11.8 Å². The van der Waals surface area contributed by atoms with Gasteiger partial charge in [0.05, 0.1) is 25.3 Å². The number of ether oxygens (including phenoxy) is 2. The summed E-state index contributed by atoms with van der Waals surface area (Å²) in [4.78, 5) is 5.92. The van der Waals surface area contributed by atoms with Crippen molar-refractivity contribution in [1.29, 1.82) is 0 Å². The molecule has 32 heavy (non-hydrogen) atoms. The molecule has 0 N–H and O–H groups in total. The molecule has 0 atom stereocenters. The van der Waals surface area contributed by atoms with Crippen LogP contribution in [0, 0.1) is 0 Å². The number of hydrogen-bond donors (Lipinski definition) is 0. The second-order valence-electron chi connectivity index (χ2n) is 6.61. The summed E-state index contributed by atoms with van der Waals surface area (Å²) >= 11 is 1.31. The SMILES string of the molecule is COc1ccc(-c2noc(-c3ccccc3Sc3ccc(C(F)(F)F)cc3)n2)cc1OC. The predicted molar refractivity (Wildman–Crippen MR) is 114 cm³/mol. The number of methoxy groups -OCH3 is 2. The number of halogens is 3. The van der Waals surface area contributed by atoms with Crippen LogP contribution < -0.4 is 9.47 Å². The summed E-state index contributed by atoms with van der Waals surface area (Å²) in [6.45, 7) is 0. The molecule has 0 fully saturated rings. The zero-order valence-electron chi connectivity index (χ0n) is 17.0. The van der Waals surface area contributed by atoms with E-state index in [0.29, 0.717) is 39.2 Å². The van der Waals surface area contributed by atoms with E-state index < -0.39 is 11.7 Å². The van der Waals surface area contributed by atoms with Crippen LogP contribution in [-0.2, 0) is 6.18 Å². The highest BCUT2D eigenvalue weighted by Crippen LogP contribution is 2.38. The van der Waals surface area contributed by atoms with Gasteiger partial charge in [0.1, 0.15) is 0 Å². The first-order valence-electron chi connectivity index (χ1n) is 9.39. The maximum absolute atomic E-state index is 12.8. The van der Waals surface area contributed by atoms with Crippen molar-refractivity contribution < 1.29 is 27.2 Å². The van der Waals surface area contributed by atoms with Gasteiger partial charge in [-0.15, -0.1) is 0 Å². The Kier molecular flexibility index (Phi) is 6.09. The van der Waals surface area contributed by atoms with E-state index in [1.54, 1.807) is 25.3 Å². The van der Waals surface area contributed by atoms with E-state index in [9.17, 15) is 13.2 Å². The monoisotopic (exact) mass is 458 g/mol. The number of rotatable bonds is 6. The fourth-order valence-corrected chi connectivity index (χ4v) is 3.93. The third kappa shape index (κ3) is 4.57. The van der Waals surface area contributed by atoms with Crippen LogP contribution in [0.15, 0.2) is 81.0 Å². The Bertz CT molecular complexity index is 1220. The summed E-state index contributed by atoms with van der Waals surface area (Å²) in [6, 6.07) is 17.6. The van der Waals surface area contributed by atoms with E-state index in [0.717, 1.165) is 17.0 Å². The van der Waals surface area contributed by atoms with Crippen molar-refractivity contribution in [3.05, 3.63) is 72.3 Å². The summed E-state index contributed by atoms with van der Waals surface area (Å²) < 4.78 is 54.5. The predicted octanol–water partition coefficient (Wildman–Crippen LogP) is 6.59. The molecule has 164 valence electrons. The summed E-state index contributed by atoms with van der Waals surface area (Å²) in [5.74, 6) is 1.79. The van der Waals surface area contributed by atoms with Gasteiger partial charge in [0.25, 0.3) is 5.89 Å². The third-order valence-electron chi connectivity index (χ3n) is 4.59. The minimum atomic E-state index is -4.37.